The highest BCUT2D eigenvalue weighted by atomic mass is 16.4. The summed E-state index contributed by atoms with van der Waals surface area (Å²) in [6.45, 7) is 4.09. The standard InChI is InChI=1S/C34H47N5O9/c1-2-35-20-21-10-12-23(13-11-21)30(42)39-29(25-15-14-22-7-3-4-8-24(22)19-25)31(43)36-18-6-5-9-26(32(44)45)37-34(48)38-27(33(46)47)16-17-28(40)41/h3-4,7-8,14-15,19,21,23,26-27,29,35H,2,5-6,9-13,16-18,20H2,1H3,(H,36,43)(H,39,42)(H,40,41)(H,44,45)(H,46,47)(H2,37,38,48)/t21-,23-,26-,27-,29-/m0/s1. The van der Waals surface area contributed by atoms with Gasteiger partial charge in [0.2, 0.25) is 11.8 Å². The molecule has 48 heavy (non-hydrogen) atoms. The van der Waals surface area contributed by atoms with Crippen LogP contribution in [0.25, 0.3) is 10.8 Å². The van der Waals surface area contributed by atoms with Crippen molar-refractivity contribution in [3.8, 4) is 0 Å². The van der Waals surface area contributed by atoms with E-state index < -0.39 is 54.4 Å². The minimum absolute atomic E-state index is 0.00717. The maximum atomic E-state index is 13.5. The third-order valence-corrected chi connectivity index (χ3v) is 8.63. The summed E-state index contributed by atoms with van der Waals surface area (Å²) >= 11 is 0. The number of carboxylic acid groups (broad SMARTS) is 3. The number of carbonyl (C=O) groups excluding carboxylic acids is 3. The van der Waals surface area contributed by atoms with Gasteiger partial charge in [-0.2, -0.15) is 0 Å². The Morgan fingerprint density at radius 2 is 1.44 bits per heavy atom. The molecule has 0 aromatic heterocycles. The van der Waals surface area contributed by atoms with Crippen LogP contribution in [0.1, 0.15) is 76.3 Å². The minimum atomic E-state index is -1.50. The molecule has 14 nitrogen and oxygen atoms in total. The molecular formula is C34H47N5O9. The van der Waals surface area contributed by atoms with Gasteiger partial charge in [0.05, 0.1) is 0 Å². The van der Waals surface area contributed by atoms with Crippen LogP contribution in [0.15, 0.2) is 42.5 Å². The summed E-state index contributed by atoms with van der Waals surface area (Å²) in [7, 11) is 0. The molecule has 1 fully saturated rings. The maximum Gasteiger partial charge on any atom is 0.326 e. The molecule has 0 bridgehead atoms. The highest BCUT2D eigenvalue weighted by molar-refractivity contribution is 5.91. The van der Waals surface area contributed by atoms with Gasteiger partial charge in [-0.15, -0.1) is 0 Å². The van der Waals surface area contributed by atoms with Crippen LogP contribution in [0.2, 0.25) is 0 Å². The van der Waals surface area contributed by atoms with Crippen LogP contribution in [0.3, 0.4) is 0 Å². The van der Waals surface area contributed by atoms with Crippen molar-refractivity contribution in [2.75, 3.05) is 19.6 Å². The normalized spacial score (nSPS) is 17.8. The first-order valence-electron chi connectivity index (χ1n) is 16.5. The van der Waals surface area contributed by atoms with Gasteiger partial charge in [0.25, 0.3) is 0 Å². The lowest BCUT2D eigenvalue weighted by atomic mass is 9.81. The molecule has 14 heteroatoms. The number of unbranched alkanes of at least 4 members (excludes halogenated alkanes) is 1. The Labute approximate surface area is 279 Å². The van der Waals surface area contributed by atoms with Gasteiger partial charge < -0.3 is 41.9 Å². The number of hydrogen-bond donors (Lipinski definition) is 8. The van der Waals surface area contributed by atoms with Gasteiger partial charge in [-0.3, -0.25) is 14.4 Å². The second-order valence-electron chi connectivity index (χ2n) is 12.2. The van der Waals surface area contributed by atoms with E-state index >= 15 is 0 Å². The fourth-order valence-corrected chi connectivity index (χ4v) is 5.85. The third-order valence-electron chi connectivity index (χ3n) is 8.63. The number of carboxylic acids is 3. The summed E-state index contributed by atoms with van der Waals surface area (Å²) in [6, 6.07) is 8.52. The Hall–Kier alpha value is -4.72. The van der Waals surface area contributed by atoms with Crippen molar-refractivity contribution in [1.82, 2.24) is 26.6 Å². The third kappa shape index (κ3) is 12.1. The number of nitrogens with one attached hydrogen (secondary N) is 5. The lowest BCUT2D eigenvalue weighted by Gasteiger charge is -2.29. The molecule has 1 aliphatic carbocycles. The summed E-state index contributed by atoms with van der Waals surface area (Å²) in [5.41, 5.74) is 0.643. The molecule has 262 valence electrons. The smallest absolute Gasteiger partial charge is 0.326 e. The fraction of sp³-hybridized carbons (Fsp3) is 0.529. The van der Waals surface area contributed by atoms with E-state index in [0.717, 1.165) is 49.5 Å². The first kappa shape index (κ1) is 37.7. The van der Waals surface area contributed by atoms with Gasteiger partial charge in [0.1, 0.15) is 18.1 Å². The number of fused-ring (bicyclic) bond motifs is 1. The van der Waals surface area contributed by atoms with Gasteiger partial charge in [-0.1, -0.05) is 43.3 Å². The molecule has 0 spiro atoms. The van der Waals surface area contributed by atoms with Crippen LogP contribution in [0.4, 0.5) is 4.79 Å². The van der Waals surface area contributed by atoms with Gasteiger partial charge in [0, 0.05) is 18.9 Å². The van der Waals surface area contributed by atoms with E-state index in [1.165, 1.54) is 0 Å². The van der Waals surface area contributed by atoms with Crippen molar-refractivity contribution >= 4 is 46.5 Å². The molecule has 0 heterocycles. The van der Waals surface area contributed by atoms with Gasteiger partial charge in [-0.05, 0) is 92.8 Å². The van der Waals surface area contributed by atoms with Crippen molar-refractivity contribution in [2.45, 2.75) is 82.8 Å². The van der Waals surface area contributed by atoms with Crippen molar-refractivity contribution in [1.29, 1.82) is 0 Å². The number of hydrogen-bond acceptors (Lipinski definition) is 7. The molecule has 1 saturated carbocycles. The Balaban J connectivity index is 1.56. The molecule has 4 amide bonds. The zero-order chi connectivity index (χ0) is 35.1. The number of carbonyl (C=O) groups is 6. The van der Waals surface area contributed by atoms with E-state index in [2.05, 4.69) is 33.5 Å². The van der Waals surface area contributed by atoms with Crippen molar-refractivity contribution in [3.05, 3.63) is 48.0 Å². The van der Waals surface area contributed by atoms with E-state index in [1.54, 1.807) is 0 Å². The maximum absolute atomic E-state index is 13.5. The number of rotatable bonds is 19. The van der Waals surface area contributed by atoms with Crippen LogP contribution in [0.5, 0.6) is 0 Å². The summed E-state index contributed by atoms with van der Waals surface area (Å²) in [5.74, 6) is -4.22. The SMILES string of the molecule is CCNC[C@H]1CC[C@H](C(=O)N[C@H](C(=O)NCCCC[C@H](NC(=O)N[C@@H](CCC(=O)O)C(=O)O)C(=O)O)c2ccc3ccccc3c2)CC1. The van der Waals surface area contributed by atoms with E-state index in [9.17, 15) is 39.0 Å². The minimum Gasteiger partial charge on any atom is -0.481 e. The number of amides is 4. The quantitative estimate of drug-likeness (QED) is 0.102. The van der Waals surface area contributed by atoms with Crippen LogP contribution in [0, 0.1) is 11.8 Å². The van der Waals surface area contributed by atoms with Crippen LogP contribution in [-0.2, 0) is 24.0 Å². The second-order valence-corrected chi connectivity index (χ2v) is 12.2. The topological polar surface area (TPSA) is 223 Å². The van der Waals surface area contributed by atoms with Crippen LogP contribution < -0.4 is 26.6 Å². The molecule has 2 aromatic rings. The lowest BCUT2D eigenvalue weighted by Crippen LogP contribution is -2.51. The molecule has 3 rings (SSSR count). The predicted molar refractivity (Wildman–Crippen MR) is 177 cm³/mol. The Kier molecular flexibility index (Phi) is 15.1. The number of aliphatic carboxylic acids is 3. The monoisotopic (exact) mass is 669 g/mol. The van der Waals surface area contributed by atoms with Crippen molar-refractivity contribution in [2.24, 2.45) is 11.8 Å². The summed E-state index contributed by atoms with van der Waals surface area (Å²) in [6.07, 6.45) is 3.18. The van der Waals surface area contributed by atoms with Crippen molar-refractivity contribution in [3.63, 3.8) is 0 Å². The summed E-state index contributed by atoms with van der Waals surface area (Å²) in [4.78, 5) is 73.0. The van der Waals surface area contributed by atoms with E-state index in [4.69, 9.17) is 5.11 Å². The first-order chi connectivity index (χ1) is 23.0. The molecular weight excluding hydrogens is 622 g/mol. The zero-order valence-corrected chi connectivity index (χ0v) is 27.2. The molecule has 1 aliphatic rings. The fourth-order valence-electron chi connectivity index (χ4n) is 5.85. The lowest BCUT2D eigenvalue weighted by molar-refractivity contribution is -0.141. The zero-order valence-electron chi connectivity index (χ0n) is 27.2. The van der Waals surface area contributed by atoms with Gasteiger partial charge in [0.15, 0.2) is 0 Å². The van der Waals surface area contributed by atoms with Crippen LogP contribution >= 0.6 is 0 Å². The Morgan fingerprint density at radius 1 is 0.792 bits per heavy atom. The van der Waals surface area contributed by atoms with E-state index in [-0.39, 0.29) is 31.2 Å². The molecule has 0 radical (unpaired) electrons. The van der Waals surface area contributed by atoms with Crippen LogP contribution in [-0.4, -0.2) is 82.8 Å². The molecule has 3 atom stereocenters. The molecule has 0 unspecified atom stereocenters. The van der Waals surface area contributed by atoms with E-state index in [0.29, 0.717) is 24.3 Å². The molecule has 2 aromatic carbocycles. The first-order valence-corrected chi connectivity index (χ1v) is 16.5. The van der Waals surface area contributed by atoms with E-state index in [1.807, 2.05) is 42.5 Å². The number of urea groups is 1. The highest BCUT2D eigenvalue weighted by Crippen LogP contribution is 2.29. The largest absolute Gasteiger partial charge is 0.481 e. The van der Waals surface area contributed by atoms with Gasteiger partial charge >= 0.3 is 23.9 Å². The van der Waals surface area contributed by atoms with Gasteiger partial charge in [-0.25, -0.2) is 14.4 Å². The second kappa shape index (κ2) is 19.2. The summed E-state index contributed by atoms with van der Waals surface area (Å²) < 4.78 is 0. The Bertz CT molecular complexity index is 1430. The van der Waals surface area contributed by atoms with Crippen molar-refractivity contribution < 1.29 is 44.1 Å². The number of benzene rings is 2. The highest BCUT2D eigenvalue weighted by Gasteiger charge is 2.30. The molecule has 0 aliphatic heterocycles. The Morgan fingerprint density at radius 3 is 2.06 bits per heavy atom. The summed E-state index contributed by atoms with van der Waals surface area (Å²) in [5, 5.41) is 43.0. The molecule has 0 saturated heterocycles. The predicted octanol–water partition coefficient (Wildman–Crippen LogP) is 2.77. The molecule has 8 N–H and O–H groups in total. The average molecular weight is 670 g/mol. The average Bonchev–Trinajstić information content (AvgIpc) is 3.06.